The Hall–Kier alpha value is -1.61. The summed E-state index contributed by atoms with van der Waals surface area (Å²) in [5, 5.41) is 0.735. The first kappa shape index (κ1) is 11.5. The molecule has 4 heteroatoms. The number of nitrogens with zero attached hydrogens (tertiary/aromatic N) is 2. The molecule has 1 aromatic carbocycles. The molecule has 92 valence electrons. The molecule has 0 atom stereocenters. The number of benzene rings is 1. The molecular weight excluding hydrogens is 246 g/mol. The van der Waals surface area contributed by atoms with Crippen LogP contribution in [0, 0.1) is 0 Å². The molecule has 0 spiro atoms. The summed E-state index contributed by atoms with van der Waals surface area (Å²) in [4.78, 5) is 8.88. The highest BCUT2D eigenvalue weighted by molar-refractivity contribution is 6.30. The molecule has 1 fully saturated rings. The van der Waals surface area contributed by atoms with Crippen molar-refractivity contribution in [1.29, 1.82) is 0 Å². The average molecular weight is 260 g/mol. The Morgan fingerprint density at radius 3 is 2.78 bits per heavy atom. The summed E-state index contributed by atoms with van der Waals surface area (Å²) in [5.74, 6) is 1.93. The van der Waals surface area contributed by atoms with E-state index in [1.807, 2.05) is 30.3 Å². The predicted octanol–water partition coefficient (Wildman–Crippen LogP) is 3.18. The Morgan fingerprint density at radius 2 is 2.06 bits per heavy atom. The van der Waals surface area contributed by atoms with E-state index in [2.05, 4.69) is 9.97 Å². The van der Waals surface area contributed by atoms with Gasteiger partial charge in [-0.3, -0.25) is 0 Å². The molecule has 0 amide bonds. The first-order chi connectivity index (χ1) is 8.70. The zero-order valence-electron chi connectivity index (χ0n) is 9.94. The zero-order valence-corrected chi connectivity index (χ0v) is 10.7. The first-order valence-corrected chi connectivity index (χ1v) is 6.46. The van der Waals surface area contributed by atoms with Crippen LogP contribution in [-0.4, -0.2) is 9.97 Å². The summed E-state index contributed by atoms with van der Waals surface area (Å²) in [6.07, 6.45) is 3.10. The molecule has 0 bridgehead atoms. The van der Waals surface area contributed by atoms with Gasteiger partial charge in [0.25, 0.3) is 0 Å². The second-order valence-corrected chi connectivity index (χ2v) is 5.15. The highest BCUT2D eigenvalue weighted by Gasteiger charge is 2.25. The van der Waals surface area contributed by atoms with Crippen LogP contribution in [0.3, 0.4) is 0 Å². The Bertz CT molecular complexity index is 579. The van der Waals surface area contributed by atoms with E-state index in [1.165, 1.54) is 12.8 Å². The number of halogens is 1. The van der Waals surface area contributed by atoms with Crippen molar-refractivity contribution in [2.24, 2.45) is 0 Å². The fraction of sp³-hybridized carbons (Fsp3) is 0.286. The SMILES string of the molecule is Nc1cc(C2CC2)nc(Cc2cccc(Cl)c2)n1. The van der Waals surface area contributed by atoms with Crippen molar-refractivity contribution in [1.82, 2.24) is 9.97 Å². The van der Waals surface area contributed by atoms with Crippen molar-refractivity contribution in [2.75, 3.05) is 5.73 Å². The summed E-state index contributed by atoms with van der Waals surface area (Å²) >= 11 is 5.97. The number of hydrogen-bond acceptors (Lipinski definition) is 3. The smallest absolute Gasteiger partial charge is 0.135 e. The largest absolute Gasteiger partial charge is 0.384 e. The summed E-state index contributed by atoms with van der Waals surface area (Å²) < 4.78 is 0. The van der Waals surface area contributed by atoms with Crippen molar-refractivity contribution < 1.29 is 0 Å². The van der Waals surface area contributed by atoms with Crippen molar-refractivity contribution in [2.45, 2.75) is 25.2 Å². The Labute approximate surface area is 111 Å². The second-order valence-electron chi connectivity index (χ2n) is 4.71. The summed E-state index contributed by atoms with van der Waals surface area (Å²) in [6.45, 7) is 0. The number of aromatic nitrogens is 2. The van der Waals surface area contributed by atoms with E-state index in [9.17, 15) is 0 Å². The molecule has 1 saturated carbocycles. The molecule has 1 aromatic heterocycles. The second kappa shape index (κ2) is 4.58. The number of hydrogen-bond donors (Lipinski definition) is 1. The van der Waals surface area contributed by atoms with Crippen LogP contribution in [0.25, 0.3) is 0 Å². The van der Waals surface area contributed by atoms with E-state index < -0.39 is 0 Å². The monoisotopic (exact) mass is 259 g/mol. The van der Waals surface area contributed by atoms with Gasteiger partial charge in [0, 0.05) is 29.1 Å². The van der Waals surface area contributed by atoms with Crippen LogP contribution >= 0.6 is 11.6 Å². The van der Waals surface area contributed by atoms with E-state index in [-0.39, 0.29) is 0 Å². The average Bonchev–Trinajstić information content (AvgIpc) is 3.11. The minimum absolute atomic E-state index is 0.559. The summed E-state index contributed by atoms with van der Waals surface area (Å²) in [5.41, 5.74) is 8.02. The van der Waals surface area contributed by atoms with Crippen molar-refractivity contribution in [3.8, 4) is 0 Å². The van der Waals surface area contributed by atoms with Gasteiger partial charge in [-0.2, -0.15) is 0 Å². The van der Waals surface area contributed by atoms with Crippen LogP contribution < -0.4 is 5.73 Å². The molecule has 0 saturated heterocycles. The van der Waals surface area contributed by atoms with Gasteiger partial charge in [-0.15, -0.1) is 0 Å². The van der Waals surface area contributed by atoms with Crippen LogP contribution in [0.2, 0.25) is 5.02 Å². The lowest BCUT2D eigenvalue weighted by Crippen LogP contribution is -2.03. The van der Waals surface area contributed by atoms with Gasteiger partial charge in [0.1, 0.15) is 11.6 Å². The van der Waals surface area contributed by atoms with Crippen molar-refractivity contribution in [3.63, 3.8) is 0 Å². The Kier molecular flexibility index (Phi) is 2.92. The van der Waals surface area contributed by atoms with Gasteiger partial charge in [0.05, 0.1) is 0 Å². The summed E-state index contributed by atoms with van der Waals surface area (Å²) in [6, 6.07) is 9.64. The van der Waals surface area contributed by atoms with E-state index in [0.29, 0.717) is 18.2 Å². The lowest BCUT2D eigenvalue weighted by molar-refractivity contribution is 0.905. The van der Waals surface area contributed by atoms with E-state index >= 15 is 0 Å². The fourth-order valence-corrected chi connectivity index (χ4v) is 2.25. The number of rotatable bonds is 3. The molecule has 2 N–H and O–H groups in total. The lowest BCUT2D eigenvalue weighted by Gasteiger charge is -2.05. The minimum Gasteiger partial charge on any atom is -0.384 e. The van der Waals surface area contributed by atoms with E-state index in [4.69, 9.17) is 17.3 Å². The maximum Gasteiger partial charge on any atom is 0.135 e. The number of nitrogen functional groups attached to an aromatic ring is 1. The normalized spacial score (nSPS) is 14.7. The van der Waals surface area contributed by atoms with Gasteiger partial charge in [-0.25, -0.2) is 9.97 Å². The topological polar surface area (TPSA) is 51.8 Å². The van der Waals surface area contributed by atoms with Crippen molar-refractivity contribution >= 4 is 17.4 Å². The lowest BCUT2D eigenvalue weighted by atomic mass is 10.1. The molecule has 1 aliphatic rings. The van der Waals surface area contributed by atoms with Crippen LogP contribution in [-0.2, 0) is 6.42 Å². The third kappa shape index (κ3) is 2.62. The third-order valence-electron chi connectivity index (χ3n) is 3.06. The van der Waals surface area contributed by atoms with Crippen LogP contribution in [0.5, 0.6) is 0 Å². The molecule has 3 rings (SSSR count). The van der Waals surface area contributed by atoms with Crippen LogP contribution in [0.1, 0.15) is 35.8 Å². The molecule has 0 unspecified atom stereocenters. The maximum atomic E-state index is 5.97. The third-order valence-corrected chi connectivity index (χ3v) is 3.29. The quantitative estimate of drug-likeness (QED) is 0.921. The van der Waals surface area contributed by atoms with Gasteiger partial charge in [-0.1, -0.05) is 23.7 Å². The Balaban J connectivity index is 1.87. The molecule has 1 heterocycles. The van der Waals surface area contributed by atoms with Crippen molar-refractivity contribution in [3.05, 3.63) is 52.4 Å². The Morgan fingerprint density at radius 1 is 1.22 bits per heavy atom. The first-order valence-electron chi connectivity index (χ1n) is 6.08. The highest BCUT2D eigenvalue weighted by atomic mass is 35.5. The van der Waals surface area contributed by atoms with Gasteiger partial charge in [-0.05, 0) is 30.5 Å². The van der Waals surface area contributed by atoms with E-state index in [0.717, 1.165) is 22.1 Å². The van der Waals surface area contributed by atoms with E-state index in [1.54, 1.807) is 0 Å². The minimum atomic E-state index is 0.559. The predicted molar refractivity (Wildman–Crippen MR) is 72.7 cm³/mol. The standard InChI is InChI=1S/C14H14ClN3/c15-11-3-1-2-9(6-11)7-14-17-12(10-4-5-10)8-13(16)18-14/h1-3,6,8,10H,4-5,7H2,(H2,16,17,18). The number of anilines is 1. The molecule has 18 heavy (non-hydrogen) atoms. The summed E-state index contributed by atoms with van der Waals surface area (Å²) in [7, 11) is 0. The molecule has 2 aromatic rings. The highest BCUT2D eigenvalue weighted by Crippen LogP contribution is 2.39. The fourth-order valence-electron chi connectivity index (χ4n) is 2.04. The van der Waals surface area contributed by atoms with Gasteiger partial charge in [0.15, 0.2) is 0 Å². The van der Waals surface area contributed by atoms with Gasteiger partial charge >= 0.3 is 0 Å². The van der Waals surface area contributed by atoms with Crippen LogP contribution in [0.4, 0.5) is 5.82 Å². The van der Waals surface area contributed by atoms with Gasteiger partial charge in [0.2, 0.25) is 0 Å². The molecule has 0 aliphatic heterocycles. The van der Waals surface area contributed by atoms with Crippen LogP contribution in [0.15, 0.2) is 30.3 Å². The number of nitrogens with two attached hydrogens (primary N) is 1. The maximum absolute atomic E-state index is 5.97. The molecular formula is C14H14ClN3. The molecule has 0 radical (unpaired) electrons. The zero-order chi connectivity index (χ0) is 12.5. The van der Waals surface area contributed by atoms with Gasteiger partial charge < -0.3 is 5.73 Å². The molecule has 3 nitrogen and oxygen atoms in total. The molecule has 1 aliphatic carbocycles.